The minimum absolute atomic E-state index is 0.156. The van der Waals surface area contributed by atoms with Gasteiger partial charge in [-0.05, 0) is 18.2 Å². The minimum atomic E-state index is -0.558. The summed E-state index contributed by atoms with van der Waals surface area (Å²) < 4.78 is 19.4. The van der Waals surface area contributed by atoms with Gasteiger partial charge in [-0.25, -0.2) is 4.39 Å². The summed E-state index contributed by atoms with van der Waals surface area (Å²) in [7, 11) is 1.51. The molecular weight excluding hydrogens is 283 g/mol. The summed E-state index contributed by atoms with van der Waals surface area (Å²) in [4.78, 5) is 16.0. The van der Waals surface area contributed by atoms with Crippen molar-refractivity contribution in [3.05, 3.63) is 42.5 Å². The summed E-state index contributed by atoms with van der Waals surface area (Å²) in [6.45, 7) is 5.44. The van der Waals surface area contributed by atoms with Crippen molar-refractivity contribution in [2.75, 3.05) is 12.4 Å². The molecule has 0 bridgehead atoms. The number of nitrogens with zero attached hydrogens (tertiary/aromatic N) is 1. The van der Waals surface area contributed by atoms with Crippen molar-refractivity contribution in [1.82, 2.24) is 4.98 Å². The molecule has 0 aliphatic heterocycles. The summed E-state index contributed by atoms with van der Waals surface area (Å²) in [5.41, 5.74) is 0.778. The topological polar surface area (TPSA) is 51.2 Å². The van der Waals surface area contributed by atoms with E-state index < -0.39 is 11.2 Å². The predicted molar refractivity (Wildman–Crippen MR) is 84.3 cm³/mol. The number of anilines is 1. The number of amides is 1. The second-order valence-electron chi connectivity index (χ2n) is 5.94. The lowest BCUT2D eigenvalue weighted by atomic mass is 9.95. The molecule has 0 spiro atoms. The average Bonchev–Trinajstić information content (AvgIpc) is 2.47. The number of halogens is 1. The van der Waals surface area contributed by atoms with E-state index in [0.717, 1.165) is 6.20 Å². The van der Waals surface area contributed by atoms with Gasteiger partial charge in [0.25, 0.3) is 0 Å². The van der Waals surface area contributed by atoms with Gasteiger partial charge in [-0.2, -0.15) is 0 Å². The van der Waals surface area contributed by atoms with Crippen LogP contribution in [0.25, 0.3) is 11.1 Å². The quantitative estimate of drug-likeness (QED) is 0.936. The van der Waals surface area contributed by atoms with Crippen molar-refractivity contribution >= 4 is 11.6 Å². The van der Waals surface area contributed by atoms with Crippen LogP contribution in [0.3, 0.4) is 0 Å². The Hall–Kier alpha value is -2.43. The number of rotatable bonds is 3. The second kappa shape index (κ2) is 6.13. The Kier molecular flexibility index (Phi) is 4.45. The van der Waals surface area contributed by atoms with Crippen molar-refractivity contribution in [3.8, 4) is 16.9 Å². The van der Waals surface area contributed by atoms with Gasteiger partial charge in [0, 0.05) is 17.2 Å². The number of carbonyl (C=O) groups is 1. The lowest BCUT2D eigenvalue weighted by Crippen LogP contribution is -2.27. The molecule has 0 radical (unpaired) electrons. The molecule has 1 heterocycles. The first-order valence-corrected chi connectivity index (χ1v) is 6.93. The SMILES string of the molecule is COc1cccc(NC(=O)C(C)(C)C)c1-c1ccncc1F. The third kappa shape index (κ3) is 3.24. The summed E-state index contributed by atoms with van der Waals surface area (Å²) in [6, 6.07) is 6.75. The molecule has 0 saturated carbocycles. The molecule has 4 nitrogen and oxygen atoms in total. The molecule has 0 aliphatic carbocycles. The largest absolute Gasteiger partial charge is 0.496 e. The Balaban J connectivity index is 2.57. The number of pyridine rings is 1. The number of aromatic nitrogens is 1. The van der Waals surface area contributed by atoms with E-state index in [2.05, 4.69) is 10.3 Å². The van der Waals surface area contributed by atoms with Gasteiger partial charge >= 0.3 is 0 Å². The van der Waals surface area contributed by atoms with Crippen LogP contribution in [0.4, 0.5) is 10.1 Å². The molecule has 1 aromatic carbocycles. The maximum atomic E-state index is 14.1. The summed E-state index contributed by atoms with van der Waals surface area (Å²) in [5.74, 6) is -0.147. The number of ether oxygens (including phenoxy) is 1. The van der Waals surface area contributed by atoms with Crippen LogP contribution in [0.2, 0.25) is 0 Å². The van der Waals surface area contributed by atoms with E-state index in [9.17, 15) is 9.18 Å². The summed E-state index contributed by atoms with van der Waals surface area (Å²) in [5, 5.41) is 2.84. The highest BCUT2D eigenvalue weighted by atomic mass is 19.1. The minimum Gasteiger partial charge on any atom is -0.496 e. The molecule has 2 aromatic rings. The van der Waals surface area contributed by atoms with Crippen LogP contribution in [-0.4, -0.2) is 18.0 Å². The number of methoxy groups -OCH3 is 1. The molecular formula is C17H19FN2O2. The number of hydrogen-bond acceptors (Lipinski definition) is 3. The van der Waals surface area contributed by atoms with Crippen molar-refractivity contribution in [3.63, 3.8) is 0 Å². The second-order valence-corrected chi connectivity index (χ2v) is 5.94. The van der Waals surface area contributed by atoms with Crippen LogP contribution in [0, 0.1) is 11.2 Å². The van der Waals surface area contributed by atoms with E-state index in [1.54, 1.807) is 24.3 Å². The van der Waals surface area contributed by atoms with Gasteiger partial charge in [-0.3, -0.25) is 9.78 Å². The molecule has 22 heavy (non-hydrogen) atoms. The van der Waals surface area contributed by atoms with E-state index in [1.807, 2.05) is 20.8 Å². The normalized spacial score (nSPS) is 11.1. The molecule has 0 fully saturated rings. The number of carbonyl (C=O) groups excluding carboxylic acids is 1. The highest BCUT2D eigenvalue weighted by Crippen LogP contribution is 2.38. The first kappa shape index (κ1) is 15.9. The molecule has 5 heteroatoms. The fraction of sp³-hybridized carbons (Fsp3) is 0.294. The molecule has 0 unspecified atom stereocenters. The fourth-order valence-corrected chi connectivity index (χ4v) is 1.97. The van der Waals surface area contributed by atoms with Gasteiger partial charge in [0.05, 0.1) is 24.6 Å². The molecule has 0 aliphatic rings. The monoisotopic (exact) mass is 302 g/mol. The maximum absolute atomic E-state index is 14.1. The summed E-state index contributed by atoms with van der Waals surface area (Å²) in [6.07, 6.45) is 2.64. The third-order valence-corrected chi connectivity index (χ3v) is 3.22. The van der Waals surface area contributed by atoms with Crippen molar-refractivity contribution < 1.29 is 13.9 Å². The van der Waals surface area contributed by atoms with Crippen LogP contribution in [-0.2, 0) is 4.79 Å². The molecule has 116 valence electrons. The van der Waals surface area contributed by atoms with Gasteiger partial charge in [0.2, 0.25) is 5.91 Å². The van der Waals surface area contributed by atoms with E-state index in [1.165, 1.54) is 13.3 Å². The molecule has 1 amide bonds. The maximum Gasteiger partial charge on any atom is 0.229 e. The Morgan fingerprint density at radius 2 is 2.00 bits per heavy atom. The molecule has 0 atom stereocenters. The average molecular weight is 302 g/mol. The first-order valence-electron chi connectivity index (χ1n) is 6.93. The van der Waals surface area contributed by atoms with Crippen LogP contribution in [0.5, 0.6) is 5.75 Å². The predicted octanol–water partition coefficient (Wildman–Crippen LogP) is 3.88. The van der Waals surface area contributed by atoms with Gasteiger partial charge in [0.1, 0.15) is 11.6 Å². The van der Waals surface area contributed by atoms with Crippen LogP contribution in [0.15, 0.2) is 36.7 Å². The smallest absolute Gasteiger partial charge is 0.229 e. The fourth-order valence-electron chi connectivity index (χ4n) is 1.97. The van der Waals surface area contributed by atoms with Crippen LogP contribution >= 0.6 is 0 Å². The molecule has 1 aromatic heterocycles. The Morgan fingerprint density at radius 1 is 1.27 bits per heavy atom. The lowest BCUT2D eigenvalue weighted by molar-refractivity contribution is -0.123. The number of nitrogens with one attached hydrogen (secondary N) is 1. The number of hydrogen-bond donors (Lipinski definition) is 1. The lowest BCUT2D eigenvalue weighted by Gasteiger charge is -2.20. The standard InChI is InChI=1S/C17H19FN2O2/c1-17(2,3)16(21)20-13-6-5-7-14(22-4)15(13)11-8-9-19-10-12(11)18/h5-10H,1-4H3,(H,20,21). The third-order valence-electron chi connectivity index (χ3n) is 3.22. The zero-order chi connectivity index (χ0) is 16.3. The van der Waals surface area contributed by atoms with E-state index in [-0.39, 0.29) is 5.91 Å². The van der Waals surface area contributed by atoms with Crippen LogP contribution in [0.1, 0.15) is 20.8 Å². The highest BCUT2D eigenvalue weighted by Gasteiger charge is 2.24. The van der Waals surface area contributed by atoms with Crippen LogP contribution < -0.4 is 10.1 Å². The van der Waals surface area contributed by atoms with Gasteiger partial charge in [-0.1, -0.05) is 26.8 Å². The highest BCUT2D eigenvalue weighted by molar-refractivity contribution is 5.99. The summed E-state index contributed by atoms with van der Waals surface area (Å²) >= 11 is 0. The Labute approximate surface area is 129 Å². The van der Waals surface area contributed by atoms with Crippen molar-refractivity contribution in [1.29, 1.82) is 0 Å². The molecule has 0 saturated heterocycles. The Bertz CT molecular complexity index is 693. The van der Waals surface area contributed by atoms with Crippen molar-refractivity contribution in [2.24, 2.45) is 5.41 Å². The van der Waals surface area contributed by atoms with E-state index >= 15 is 0 Å². The van der Waals surface area contributed by atoms with E-state index in [0.29, 0.717) is 22.6 Å². The van der Waals surface area contributed by atoms with Gasteiger partial charge < -0.3 is 10.1 Å². The zero-order valence-electron chi connectivity index (χ0n) is 13.1. The molecule has 1 N–H and O–H groups in total. The Morgan fingerprint density at radius 3 is 2.59 bits per heavy atom. The first-order chi connectivity index (χ1) is 10.3. The zero-order valence-corrected chi connectivity index (χ0v) is 13.1. The van der Waals surface area contributed by atoms with E-state index in [4.69, 9.17) is 4.74 Å². The van der Waals surface area contributed by atoms with Gasteiger partial charge in [-0.15, -0.1) is 0 Å². The van der Waals surface area contributed by atoms with Gasteiger partial charge in [0.15, 0.2) is 0 Å². The number of benzene rings is 1. The van der Waals surface area contributed by atoms with Crippen molar-refractivity contribution in [2.45, 2.75) is 20.8 Å². The molecule has 2 rings (SSSR count).